The molecule has 1 aromatic carbocycles. The number of ether oxygens (including phenoxy) is 2. The van der Waals surface area contributed by atoms with E-state index in [0.717, 1.165) is 86.1 Å². The number of rotatable bonds is 5. The number of aromatic nitrogens is 4. The lowest BCUT2D eigenvalue weighted by atomic mass is 9.87. The number of carbonyl (C=O) groups excluding carboxylic acids is 1. The summed E-state index contributed by atoms with van der Waals surface area (Å²) in [6.07, 6.45) is 6.84. The number of benzene rings is 1. The third kappa shape index (κ3) is 4.91. The monoisotopic (exact) mass is 631 g/mol. The van der Waals surface area contributed by atoms with Gasteiger partial charge < -0.3 is 19.3 Å². The van der Waals surface area contributed by atoms with Crippen LogP contribution < -0.4 is 9.64 Å². The van der Waals surface area contributed by atoms with Gasteiger partial charge in [0.15, 0.2) is 5.69 Å². The van der Waals surface area contributed by atoms with Crippen LogP contribution in [0.3, 0.4) is 0 Å². The van der Waals surface area contributed by atoms with Crippen molar-refractivity contribution in [2.24, 2.45) is 5.92 Å². The molecule has 0 bridgehead atoms. The minimum Gasteiger partial charge on any atom is -0.461 e. The van der Waals surface area contributed by atoms with Gasteiger partial charge in [0.25, 0.3) is 5.91 Å². The van der Waals surface area contributed by atoms with Gasteiger partial charge in [0.2, 0.25) is 0 Å². The highest BCUT2D eigenvalue weighted by Crippen LogP contribution is 2.49. The Morgan fingerprint density at radius 2 is 2.04 bits per heavy atom. The Kier molecular flexibility index (Phi) is 7.11. The summed E-state index contributed by atoms with van der Waals surface area (Å²) < 4.78 is 15.4. The van der Waals surface area contributed by atoms with Gasteiger partial charge in [-0.25, -0.2) is 0 Å². The van der Waals surface area contributed by atoms with Crippen LogP contribution in [0.15, 0.2) is 24.3 Å². The van der Waals surface area contributed by atoms with Gasteiger partial charge in [0, 0.05) is 50.7 Å². The Balaban J connectivity index is 1.15. The highest BCUT2D eigenvalue weighted by molar-refractivity contribution is 6.31. The van der Waals surface area contributed by atoms with E-state index < -0.39 is 5.60 Å². The maximum atomic E-state index is 12.7. The lowest BCUT2D eigenvalue weighted by Gasteiger charge is -2.37. The van der Waals surface area contributed by atoms with Crippen LogP contribution in [0.2, 0.25) is 5.02 Å². The van der Waals surface area contributed by atoms with Gasteiger partial charge in [-0.1, -0.05) is 30.7 Å². The Morgan fingerprint density at radius 1 is 1.16 bits per heavy atom. The normalized spacial score (nSPS) is 27.2. The van der Waals surface area contributed by atoms with Gasteiger partial charge in [0.1, 0.15) is 12.4 Å². The van der Waals surface area contributed by atoms with Crippen LogP contribution >= 0.6 is 11.6 Å². The van der Waals surface area contributed by atoms with Crippen LogP contribution in [0, 0.1) is 5.92 Å². The summed E-state index contributed by atoms with van der Waals surface area (Å²) in [5.41, 5.74) is 5.49. The lowest BCUT2D eigenvalue weighted by molar-refractivity contribution is -0.0730. The van der Waals surface area contributed by atoms with Crippen LogP contribution in [-0.2, 0) is 42.9 Å². The number of anilines is 1. The molecule has 1 amide bonds. The molecule has 1 spiro atoms. The molecule has 5 aliphatic rings. The number of carbonyl (C=O) groups is 1. The Hall–Kier alpha value is -3.21. The van der Waals surface area contributed by atoms with Gasteiger partial charge in [-0.15, -0.1) is 0 Å². The molecule has 4 aliphatic heterocycles. The van der Waals surface area contributed by atoms with E-state index in [4.69, 9.17) is 31.0 Å². The fourth-order valence-corrected chi connectivity index (χ4v) is 8.95. The standard InChI is InChI=1S/C34H42ClN7O3/c1-22-16-33(10-5-13-41(33)18-22)21-44-32-36-29-17-34(11-9-24-26(34)7-4-8-27(24)35)45-20-25(29)30(37-32)40-12-6-14-42-23(19-40)15-28(38-42)31(43)39(2)3/h4,7-8,15,22H,5-6,9-14,16-21H2,1-3H3/t22-,33+,34-/m1/s1. The average Bonchev–Trinajstić information content (AvgIpc) is 3.74. The maximum absolute atomic E-state index is 12.7. The molecule has 11 heteroatoms. The van der Waals surface area contributed by atoms with E-state index in [0.29, 0.717) is 43.8 Å². The number of nitrogens with zero attached hydrogens (tertiary/aromatic N) is 7. The minimum absolute atomic E-state index is 0.0782. The van der Waals surface area contributed by atoms with Crippen molar-refractivity contribution in [1.29, 1.82) is 0 Å². The Labute approximate surface area is 269 Å². The molecule has 0 unspecified atom stereocenters. The molecular formula is C34H42ClN7O3. The van der Waals surface area contributed by atoms with Crippen molar-refractivity contribution in [2.75, 3.05) is 45.2 Å². The average molecular weight is 632 g/mol. The molecule has 10 nitrogen and oxygen atoms in total. The van der Waals surface area contributed by atoms with E-state index >= 15 is 0 Å². The predicted molar refractivity (Wildman–Crippen MR) is 171 cm³/mol. The molecule has 3 aromatic rings. The van der Waals surface area contributed by atoms with Crippen molar-refractivity contribution in [2.45, 2.75) is 82.7 Å². The first-order chi connectivity index (χ1) is 21.7. The molecular weight excluding hydrogens is 590 g/mol. The quantitative estimate of drug-likeness (QED) is 0.404. The molecule has 0 saturated carbocycles. The van der Waals surface area contributed by atoms with Gasteiger partial charge in [-0.3, -0.25) is 14.4 Å². The zero-order chi connectivity index (χ0) is 30.9. The fraction of sp³-hybridized carbons (Fsp3) is 0.588. The smallest absolute Gasteiger partial charge is 0.318 e. The van der Waals surface area contributed by atoms with Crippen molar-refractivity contribution >= 4 is 23.3 Å². The number of aryl methyl sites for hydroxylation is 1. The Bertz CT molecular complexity index is 1660. The topological polar surface area (TPSA) is 88.9 Å². The predicted octanol–water partition coefficient (Wildman–Crippen LogP) is 4.61. The van der Waals surface area contributed by atoms with E-state index in [1.54, 1.807) is 19.0 Å². The van der Waals surface area contributed by atoms with Crippen molar-refractivity contribution in [3.05, 3.63) is 63.1 Å². The minimum atomic E-state index is -0.448. The van der Waals surface area contributed by atoms with Gasteiger partial charge in [-0.05, 0) is 74.2 Å². The summed E-state index contributed by atoms with van der Waals surface area (Å²) >= 11 is 6.63. The SMILES string of the molecule is C[C@H]1CN2CCC[C@@]2(COc2nc3c(c(N4CCCn5nc(C(=O)N(C)C)cc5C4)n2)CO[C@]2(CCc4c(Cl)cccc42)C3)C1. The number of hydrogen-bond donors (Lipinski definition) is 0. The summed E-state index contributed by atoms with van der Waals surface area (Å²) in [4.78, 5) is 29.5. The second-order valence-electron chi connectivity index (χ2n) is 14.1. The van der Waals surface area contributed by atoms with Crippen LogP contribution in [0.1, 0.15) is 77.6 Å². The van der Waals surface area contributed by atoms with Crippen LogP contribution in [-0.4, -0.2) is 81.3 Å². The molecule has 3 atom stereocenters. The van der Waals surface area contributed by atoms with Gasteiger partial charge in [0.05, 0.1) is 35.7 Å². The molecule has 1 aliphatic carbocycles. The van der Waals surface area contributed by atoms with E-state index in [-0.39, 0.29) is 11.4 Å². The molecule has 2 fully saturated rings. The molecule has 0 radical (unpaired) electrons. The van der Waals surface area contributed by atoms with E-state index in [9.17, 15) is 4.79 Å². The van der Waals surface area contributed by atoms with E-state index in [1.165, 1.54) is 17.5 Å². The zero-order valence-corrected chi connectivity index (χ0v) is 27.3. The summed E-state index contributed by atoms with van der Waals surface area (Å²) in [5, 5.41) is 5.46. The highest BCUT2D eigenvalue weighted by atomic mass is 35.5. The first-order valence-electron chi connectivity index (χ1n) is 16.5. The number of hydrogen-bond acceptors (Lipinski definition) is 8. The summed E-state index contributed by atoms with van der Waals surface area (Å²) in [6.45, 7) is 7.81. The molecule has 8 rings (SSSR count). The number of fused-ring (bicyclic) bond motifs is 5. The third-order valence-corrected chi connectivity index (χ3v) is 11.1. The van der Waals surface area contributed by atoms with Crippen molar-refractivity contribution in [1.82, 2.24) is 29.5 Å². The van der Waals surface area contributed by atoms with Crippen LogP contribution in [0.25, 0.3) is 0 Å². The number of amides is 1. The Morgan fingerprint density at radius 3 is 2.91 bits per heavy atom. The molecule has 45 heavy (non-hydrogen) atoms. The molecule has 0 N–H and O–H groups in total. The second kappa shape index (κ2) is 11.0. The second-order valence-corrected chi connectivity index (χ2v) is 14.5. The van der Waals surface area contributed by atoms with Crippen molar-refractivity contribution < 1.29 is 14.3 Å². The molecule has 2 saturated heterocycles. The van der Waals surface area contributed by atoms with Gasteiger partial charge in [-0.2, -0.15) is 15.1 Å². The molecule has 238 valence electrons. The number of halogens is 1. The maximum Gasteiger partial charge on any atom is 0.318 e. The summed E-state index contributed by atoms with van der Waals surface area (Å²) in [6, 6.07) is 8.53. The van der Waals surface area contributed by atoms with E-state index in [1.807, 2.05) is 22.9 Å². The van der Waals surface area contributed by atoms with Gasteiger partial charge >= 0.3 is 6.01 Å². The zero-order valence-electron chi connectivity index (χ0n) is 26.5. The third-order valence-electron chi connectivity index (χ3n) is 10.8. The van der Waals surface area contributed by atoms with Crippen molar-refractivity contribution in [3.63, 3.8) is 0 Å². The van der Waals surface area contributed by atoms with Crippen molar-refractivity contribution in [3.8, 4) is 6.01 Å². The largest absolute Gasteiger partial charge is 0.461 e. The van der Waals surface area contributed by atoms with E-state index in [2.05, 4.69) is 27.9 Å². The summed E-state index contributed by atoms with van der Waals surface area (Å²) in [7, 11) is 3.52. The fourth-order valence-electron chi connectivity index (χ4n) is 8.68. The van der Waals surface area contributed by atoms with Crippen LogP contribution in [0.4, 0.5) is 5.82 Å². The molecule has 6 heterocycles. The van der Waals surface area contributed by atoms with Crippen LogP contribution in [0.5, 0.6) is 6.01 Å². The highest BCUT2D eigenvalue weighted by Gasteiger charge is 2.48. The molecule has 2 aromatic heterocycles. The summed E-state index contributed by atoms with van der Waals surface area (Å²) in [5.74, 6) is 1.45. The first-order valence-corrected chi connectivity index (χ1v) is 16.8. The first kappa shape index (κ1) is 29.2. The lowest BCUT2D eigenvalue weighted by Crippen LogP contribution is -2.43.